The highest BCUT2D eigenvalue weighted by atomic mass is 17.0. The average Bonchev–Trinajstić information content (AvgIpc) is 2.36. The van der Waals surface area contributed by atoms with E-state index in [1.165, 1.54) is 0 Å². The van der Waals surface area contributed by atoms with Crippen LogP contribution in [0.5, 0.6) is 0 Å². The van der Waals surface area contributed by atoms with Gasteiger partial charge in [0.25, 0.3) is 10.2 Å². The number of carbonyl (C=O) groups is 2. The lowest BCUT2D eigenvalue weighted by atomic mass is 9.92. The Hall–Kier alpha value is -2.66. The van der Waals surface area contributed by atoms with Crippen LogP contribution in [0.1, 0.15) is 13.8 Å². The third kappa shape index (κ3) is 8.96. The van der Waals surface area contributed by atoms with Gasteiger partial charge in [-0.25, -0.2) is 0 Å². The first-order chi connectivity index (χ1) is 9.67. The van der Waals surface area contributed by atoms with Gasteiger partial charge in [0.2, 0.25) is 0 Å². The van der Waals surface area contributed by atoms with Gasteiger partial charge in [0, 0.05) is 13.8 Å². The molecule has 0 saturated heterocycles. The van der Waals surface area contributed by atoms with E-state index in [9.17, 15) is 29.8 Å². The molecule has 0 aliphatic carbocycles. The number of nitrogens with zero attached hydrogens (tertiary/aromatic N) is 2. The highest BCUT2D eigenvalue weighted by Gasteiger charge is 2.37. The summed E-state index contributed by atoms with van der Waals surface area (Å²) in [6.45, 7) is -0.379. The van der Waals surface area contributed by atoms with Crippen molar-refractivity contribution in [3.8, 4) is 0 Å². The third-order valence-electron chi connectivity index (χ3n) is 2.12. The summed E-state index contributed by atoms with van der Waals surface area (Å²) in [5.74, 6) is -1.46. The predicted molar refractivity (Wildman–Crippen MR) is 61.6 cm³/mol. The molecule has 0 amide bonds. The molecule has 0 aromatic carbocycles. The first-order valence-corrected chi connectivity index (χ1v) is 5.48. The number of hydrogen-bond donors (Lipinski definition) is 0. The molecule has 0 aliphatic heterocycles. The molecule has 12 nitrogen and oxygen atoms in total. The van der Waals surface area contributed by atoms with Crippen LogP contribution in [-0.4, -0.2) is 48.5 Å². The zero-order chi connectivity index (χ0) is 16.5. The Bertz CT molecular complexity index is 332. The maximum Gasteiger partial charge on any atom is 0.302 e. The van der Waals surface area contributed by atoms with E-state index in [1.54, 1.807) is 0 Å². The van der Waals surface area contributed by atoms with Crippen LogP contribution in [0.3, 0.4) is 0 Å². The van der Waals surface area contributed by atoms with Crippen LogP contribution >= 0.6 is 0 Å². The molecule has 21 heavy (non-hydrogen) atoms. The Kier molecular flexibility index (Phi) is 7.42. The molecule has 0 rings (SSSR count). The van der Waals surface area contributed by atoms with Crippen molar-refractivity contribution in [2.24, 2.45) is 5.41 Å². The molecule has 0 radical (unpaired) electrons. The van der Waals surface area contributed by atoms with Crippen LogP contribution in [0.4, 0.5) is 0 Å². The van der Waals surface area contributed by atoms with Crippen molar-refractivity contribution < 1.29 is 38.9 Å². The molecular formula is C9H14N2O10. The number of hydrogen-bond acceptors (Lipinski definition) is 10. The van der Waals surface area contributed by atoms with Gasteiger partial charge in [-0.3, -0.25) is 9.59 Å². The predicted octanol–water partition coefficient (Wildman–Crippen LogP) is -0.484. The topological polar surface area (TPSA) is 157 Å². The van der Waals surface area contributed by atoms with Crippen molar-refractivity contribution in [2.45, 2.75) is 13.8 Å². The first-order valence-electron chi connectivity index (χ1n) is 5.48. The standard InChI is InChI=1S/C9H14N2O10/c1-7(12)18-3-9(4-19-8(2)13,5-20-10(14)15)6-21-11(16)17/h3-6H2,1-2H3. The number of carbonyl (C=O) groups excluding carboxylic acids is 2. The van der Waals surface area contributed by atoms with Crippen molar-refractivity contribution in [3.63, 3.8) is 0 Å². The van der Waals surface area contributed by atoms with Gasteiger partial charge in [0.15, 0.2) is 0 Å². The molecular weight excluding hydrogens is 296 g/mol. The number of ether oxygens (including phenoxy) is 2. The summed E-state index contributed by atoms with van der Waals surface area (Å²) in [7, 11) is 0. The van der Waals surface area contributed by atoms with Crippen molar-refractivity contribution in [2.75, 3.05) is 26.4 Å². The minimum atomic E-state index is -1.59. The Morgan fingerprint density at radius 1 is 0.857 bits per heavy atom. The van der Waals surface area contributed by atoms with Crippen LogP contribution < -0.4 is 0 Å². The second kappa shape index (κ2) is 8.50. The van der Waals surface area contributed by atoms with Gasteiger partial charge in [0.05, 0.1) is 5.41 Å². The summed E-state index contributed by atoms with van der Waals surface area (Å²) in [5, 5.41) is 18.2. The molecule has 0 fully saturated rings. The van der Waals surface area contributed by atoms with Gasteiger partial charge in [-0.15, -0.1) is 20.2 Å². The van der Waals surface area contributed by atoms with E-state index in [-0.39, 0.29) is 0 Å². The average molecular weight is 310 g/mol. The number of rotatable bonds is 10. The SMILES string of the molecule is CC(=O)OCC(COC(C)=O)(CO[N+](=O)[O-])CO[N+](=O)[O-]. The maximum absolute atomic E-state index is 10.8. The Morgan fingerprint density at radius 2 is 1.19 bits per heavy atom. The largest absolute Gasteiger partial charge is 0.465 e. The molecule has 120 valence electrons. The summed E-state index contributed by atoms with van der Waals surface area (Å²) >= 11 is 0. The summed E-state index contributed by atoms with van der Waals surface area (Å²) in [6, 6.07) is 0. The van der Waals surface area contributed by atoms with Crippen LogP contribution in [0.15, 0.2) is 0 Å². The molecule has 0 heterocycles. The summed E-state index contributed by atoms with van der Waals surface area (Å²) in [4.78, 5) is 50.4. The summed E-state index contributed by atoms with van der Waals surface area (Å²) in [6.07, 6.45) is 0. The minimum absolute atomic E-state index is 0.530. The van der Waals surface area contributed by atoms with Crippen LogP contribution in [0, 0.1) is 25.6 Å². The minimum Gasteiger partial charge on any atom is -0.465 e. The third-order valence-corrected chi connectivity index (χ3v) is 2.12. The fraction of sp³-hybridized carbons (Fsp3) is 0.778. The second-order valence-electron chi connectivity index (χ2n) is 4.05. The lowest BCUT2D eigenvalue weighted by molar-refractivity contribution is -0.772. The quantitative estimate of drug-likeness (QED) is 0.293. The van der Waals surface area contributed by atoms with E-state index in [2.05, 4.69) is 19.1 Å². The van der Waals surface area contributed by atoms with Crippen molar-refractivity contribution in [3.05, 3.63) is 20.2 Å². The van der Waals surface area contributed by atoms with Gasteiger partial charge in [-0.1, -0.05) is 0 Å². The Morgan fingerprint density at radius 3 is 1.43 bits per heavy atom. The Labute approximate surface area is 118 Å². The van der Waals surface area contributed by atoms with Gasteiger partial charge >= 0.3 is 11.9 Å². The Balaban J connectivity index is 5.02. The fourth-order valence-electron chi connectivity index (χ4n) is 1.14. The molecule has 0 saturated carbocycles. The van der Waals surface area contributed by atoms with Gasteiger partial charge in [-0.2, -0.15) is 0 Å². The summed E-state index contributed by atoms with van der Waals surface area (Å²) < 4.78 is 9.34. The zero-order valence-corrected chi connectivity index (χ0v) is 11.3. The normalized spacial score (nSPS) is 10.4. The molecule has 0 N–H and O–H groups in total. The van der Waals surface area contributed by atoms with E-state index in [4.69, 9.17) is 0 Å². The monoisotopic (exact) mass is 310 g/mol. The maximum atomic E-state index is 10.8. The zero-order valence-electron chi connectivity index (χ0n) is 11.3. The van der Waals surface area contributed by atoms with Gasteiger partial charge < -0.3 is 19.1 Å². The van der Waals surface area contributed by atoms with Crippen molar-refractivity contribution >= 4 is 11.9 Å². The first kappa shape index (κ1) is 18.3. The summed E-state index contributed by atoms with van der Waals surface area (Å²) in [5.41, 5.74) is -1.59. The molecule has 0 aromatic heterocycles. The molecule has 0 unspecified atom stereocenters. The van der Waals surface area contributed by atoms with Crippen LogP contribution in [-0.2, 0) is 28.7 Å². The highest BCUT2D eigenvalue weighted by molar-refractivity contribution is 5.66. The number of esters is 2. The molecule has 0 aliphatic rings. The van der Waals surface area contributed by atoms with Gasteiger partial charge in [-0.05, 0) is 0 Å². The second-order valence-corrected chi connectivity index (χ2v) is 4.05. The fourth-order valence-corrected chi connectivity index (χ4v) is 1.14. The van der Waals surface area contributed by atoms with Crippen LogP contribution in [0.2, 0.25) is 0 Å². The van der Waals surface area contributed by atoms with E-state index < -0.39 is 54.0 Å². The van der Waals surface area contributed by atoms with E-state index in [0.717, 1.165) is 13.8 Å². The highest BCUT2D eigenvalue weighted by Crippen LogP contribution is 2.21. The lowest BCUT2D eigenvalue weighted by Gasteiger charge is -2.30. The van der Waals surface area contributed by atoms with Gasteiger partial charge in [0.1, 0.15) is 26.4 Å². The van der Waals surface area contributed by atoms with E-state index in [1.807, 2.05) is 0 Å². The van der Waals surface area contributed by atoms with Crippen molar-refractivity contribution in [1.82, 2.24) is 0 Å². The van der Waals surface area contributed by atoms with Crippen LogP contribution in [0.25, 0.3) is 0 Å². The smallest absolute Gasteiger partial charge is 0.302 e. The molecule has 0 aromatic rings. The van der Waals surface area contributed by atoms with E-state index in [0.29, 0.717) is 0 Å². The molecule has 12 heteroatoms. The van der Waals surface area contributed by atoms with E-state index >= 15 is 0 Å². The van der Waals surface area contributed by atoms with Crippen molar-refractivity contribution in [1.29, 1.82) is 0 Å². The molecule has 0 atom stereocenters. The lowest BCUT2D eigenvalue weighted by Crippen LogP contribution is -2.43. The molecule has 0 bridgehead atoms. The molecule has 0 spiro atoms.